The van der Waals surface area contributed by atoms with Crippen LogP contribution in [0.15, 0.2) is 24.3 Å². The third-order valence-corrected chi connectivity index (χ3v) is 2.86. The van der Waals surface area contributed by atoms with Crippen molar-refractivity contribution in [1.29, 1.82) is 0 Å². The highest BCUT2D eigenvalue weighted by atomic mass is 14.9. The molecule has 0 aliphatic rings. The molecule has 2 nitrogen and oxygen atoms in total. The molecule has 1 aromatic rings. The molecule has 1 rings (SSSR count). The van der Waals surface area contributed by atoms with Crippen LogP contribution in [-0.4, -0.2) is 13.1 Å². The second-order valence-corrected chi connectivity index (χ2v) is 4.50. The van der Waals surface area contributed by atoms with Crippen LogP contribution >= 0.6 is 0 Å². The highest BCUT2D eigenvalue weighted by Gasteiger charge is 1.98. The summed E-state index contributed by atoms with van der Waals surface area (Å²) in [6.07, 6.45) is 3.51. The zero-order valence-electron chi connectivity index (χ0n) is 10.5. The van der Waals surface area contributed by atoms with Crippen LogP contribution in [0.2, 0.25) is 0 Å². The first-order valence-corrected chi connectivity index (χ1v) is 6.29. The van der Waals surface area contributed by atoms with Crippen molar-refractivity contribution in [1.82, 2.24) is 0 Å². The average Bonchev–Trinajstić information content (AvgIpc) is 2.31. The molecule has 0 aromatic heterocycles. The standard InChI is InChI=1S/C14H24N2/c1-3-4-13-5-7-14(8-6-13)16-10-9-12(2)11-15/h5-8,12,16H,3-4,9-11,15H2,1-2H3. The lowest BCUT2D eigenvalue weighted by atomic mass is 10.1. The van der Waals surface area contributed by atoms with E-state index < -0.39 is 0 Å². The van der Waals surface area contributed by atoms with Gasteiger partial charge in [0.25, 0.3) is 0 Å². The second-order valence-electron chi connectivity index (χ2n) is 4.50. The lowest BCUT2D eigenvalue weighted by molar-refractivity contribution is 0.561. The number of benzene rings is 1. The largest absolute Gasteiger partial charge is 0.385 e. The van der Waals surface area contributed by atoms with Crippen LogP contribution in [0, 0.1) is 5.92 Å². The van der Waals surface area contributed by atoms with E-state index in [1.54, 1.807) is 0 Å². The van der Waals surface area contributed by atoms with E-state index in [0.717, 1.165) is 19.5 Å². The Morgan fingerprint density at radius 1 is 1.25 bits per heavy atom. The SMILES string of the molecule is CCCc1ccc(NCCC(C)CN)cc1. The predicted octanol–water partition coefficient (Wildman–Crippen LogP) is 3.04. The maximum Gasteiger partial charge on any atom is 0.0340 e. The first-order valence-electron chi connectivity index (χ1n) is 6.29. The number of aryl methyl sites for hydroxylation is 1. The van der Waals surface area contributed by atoms with Crippen LogP contribution in [0.4, 0.5) is 5.69 Å². The van der Waals surface area contributed by atoms with E-state index in [9.17, 15) is 0 Å². The van der Waals surface area contributed by atoms with Gasteiger partial charge in [-0.2, -0.15) is 0 Å². The number of rotatable bonds is 7. The molecule has 0 saturated carbocycles. The molecular formula is C14H24N2. The Labute approximate surface area is 99.2 Å². The van der Waals surface area contributed by atoms with E-state index in [-0.39, 0.29) is 0 Å². The summed E-state index contributed by atoms with van der Waals surface area (Å²) in [5.74, 6) is 0.604. The van der Waals surface area contributed by atoms with Crippen LogP contribution in [0.3, 0.4) is 0 Å². The number of anilines is 1. The Bertz CT molecular complexity index is 279. The minimum atomic E-state index is 0.604. The van der Waals surface area contributed by atoms with Gasteiger partial charge in [0.15, 0.2) is 0 Å². The lowest BCUT2D eigenvalue weighted by Crippen LogP contribution is -2.14. The molecule has 0 amide bonds. The highest BCUT2D eigenvalue weighted by Crippen LogP contribution is 2.11. The molecule has 2 heteroatoms. The van der Waals surface area contributed by atoms with E-state index >= 15 is 0 Å². The minimum Gasteiger partial charge on any atom is -0.385 e. The minimum absolute atomic E-state index is 0.604. The summed E-state index contributed by atoms with van der Waals surface area (Å²) in [6.45, 7) is 6.18. The molecule has 0 fully saturated rings. The number of nitrogens with two attached hydrogens (primary N) is 1. The summed E-state index contributed by atoms with van der Waals surface area (Å²) in [7, 11) is 0. The van der Waals surface area contributed by atoms with Crippen molar-refractivity contribution < 1.29 is 0 Å². The molecule has 0 saturated heterocycles. The molecule has 90 valence electrons. The van der Waals surface area contributed by atoms with Crippen molar-refractivity contribution in [2.75, 3.05) is 18.4 Å². The van der Waals surface area contributed by atoms with Gasteiger partial charge in [0.2, 0.25) is 0 Å². The van der Waals surface area contributed by atoms with Crippen molar-refractivity contribution in [3.63, 3.8) is 0 Å². The maximum atomic E-state index is 5.58. The molecule has 0 aliphatic heterocycles. The first kappa shape index (κ1) is 13.0. The monoisotopic (exact) mass is 220 g/mol. The van der Waals surface area contributed by atoms with Gasteiger partial charge >= 0.3 is 0 Å². The summed E-state index contributed by atoms with van der Waals surface area (Å²) >= 11 is 0. The van der Waals surface area contributed by atoms with Gasteiger partial charge in [-0.15, -0.1) is 0 Å². The zero-order valence-corrected chi connectivity index (χ0v) is 10.5. The Balaban J connectivity index is 2.31. The van der Waals surface area contributed by atoms with Crippen molar-refractivity contribution in [2.45, 2.75) is 33.1 Å². The first-order chi connectivity index (χ1) is 7.76. The fraction of sp³-hybridized carbons (Fsp3) is 0.571. The highest BCUT2D eigenvalue weighted by molar-refractivity contribution is 5.44. The van der Waals surface area contributed by atoms with E-state index in [1.165, 1.54) is 24.1 Å². The van der Waals surface area contributed by atoms with Gasteiger partial charge < -0.3 is 11.1 Å². The molecule has 16 heavy (non-hydrogen) atoms. The van der Waals surface area contributed by atoms with Crippen LogP contribution in [0.25, 0.3) is 0 Å². The van der Waals surface area contributed by atoms with E-state index in [1.807, 2.05) is 0 Å². The van der Waals surface area contributed by atoms with Crippen molar-refractivity contribution in [2.24, 2.45) is 11.7 Å². The quantitative estimate of drug-likeness (QED) is 0.741. The predicted molar refractivity (Wildman–Crippen MR) is 71.8 cm³/mol. The van der Waals surface area contributed by atoms with E-state index in [2.05, 4.69) is 43.4 Å². The van der Waals surface area contributed by atoms with Crippen molar-refractivity contribution in [3.8, 4) is 0 Å². The maximum absolute atomic E-state index is 5.58. The molecule has 0 heterocycles. The summed E-state index contributed by atoms with van der Waals surface area (Å²) in [6, 6.07) is 8.74. The molecule has 0 radical (unpaired) electrons. The van der Waals surface area contributed by atoms with Gasteiger partial charge in [0.05, 0.1) is 0 Å². The Kier molecular flexibility index (Phi) is 5.94. The molecule has 0 bridgehead atoms. The molecular weight excluding hydrogens is 196 g/mol. The van der Waals surface area contributed by atoms with Gasteiger partial charge in [-0.25, -0.2) is 0 Å². The molecule has 0 aliphatic carbocycles. The van der Waals surface area contributed by atoms with Gasteiger partial charge in [-0.3, -0.25) is 0 Å². The number of nitrogens with one attached hydrogen (secondary N) is 1. The van der Waals surface area contributed by atoms with Gasteiger partial charge in [0, 0.05) is 12.2 Å². The Morgan fingerprint density at radius 2 is 1.94 bits per heavy atom. The Hall–Kier alpha value is -1.02. The van der Waals surface area contributed by atoms with Crippen molar-refractivity contribution in [3.05, 3.63) is 29.8 Å². The number of hydrogen-bond acceptors (Lipinski definition) is 2. The fourth-order valence-electron chi connectivity index (χ4n) is 1.66. The third kappa shape index (κ3) is 4.67. The summed E-state index contributed by atoms with van der Waals surface area (Å²) in [5.41, 5.74) is 8.21. The summed E-state index contributed by atoms with van der Waals surface area (Å²) < 4.78 is 0. The molecule has 1 atom stereocenters. The summed E-state index contributed by atoms with van der Waals surface area (Å²) in [4.78, 5) is 0. The topological polar surface area (TPSA) is 38.0 Å². The van der Waals surface area contributed by atoms with Crippen LogP contribution in [-0.2, 0) is 6.42 Å². The number of hydrogen-bond donors (Lipinski definition) is 2. The zero-order chi connectivity index (χ0) is 11.8. The van der Waals surface area contributed by atoms with Crippen molar-refractivity contribution >= 4 is 5.69 Å². The van der Waals surface area contributed by atoms with Gasteiger partial charge in [-0.1, -0.05) is 32.4 Å². The molecule has 1 aromatic carbocycles. The average molecular weight is 220 g/mol. The second kappa shape index (κ2) is 7.29. The molecule has 0 spiro atoms. The lowest BCUT2D eigenvalue weighted by Gasteiger charge is -2.10. The fourth-order valence-corrected chi connectivity index (χ4v) is 1.66. The normalized spacial score (nSPS) is 12.4. The van der Waals surface area contributed by atoms with Gasteiger partial charge in [0.1, 0.15) is 0 Å². The molecule has 3 N–H and O–H groups in total. The van der Waals surface area contributed by atoms with E-state index in [0.29, 0.717) is 5.92 Å². The smallest absolute Gasteiger partial charge is 0.0340 e. The molecule has 1 unspecified atom stereocenters. The summed E-state index contributed by atoms with van der Waals surface area (Å²) in [5, 5.41) is 3.42. The third-order valence-electron chi connectivity index (χ3n) is 2.86. The van der Waals surface area contributed by atoms with Crippen LogP contribution < -0.4 is 11.1 Å². The Morgan fingerprint density at radius 3 is 2.50 bits per heavy atom. The van der Waals surface area contributed by atoms with Gasteiger partial charge in [-0.05, 0) is 43.0 Å². The van der Waals surface area contributed by atoms with Crippen LogP contribution in [0.1, 0.15) is 32.3 Å². The van der Waals surface area contributed by atoms with E-state index in [4.69, 9.17) is 5.73 Å². The van der Waals surface area contributed by atoms with Crippen LogP contribution in [0.5, 0.6) is 0 Å².